The van der Waals surface area contributed by atoms with Crippen LogP contribution in [-0.2, 0) is 9.53 Å². The molecule has 0 radical (unpaired) electrons. The summed E-state index contributed by atoms with van der Waals surface area (Å²) in [4.78, 5) is 24.8. The number of halogens is 1. The third kappa shape index (κ3) is 4.10. The molecule has 2 aliphatic rings. The van der Waals surface area contributed by atoms with E-state index in [0.29, 0.717) is 37.0 Å². The van der Waals surface area contributed by atoms with Crippen LogP contribution >= 0.6 is 11.6 Å². The molecular weight excluding hydrogens is 318 g/mol. The predicted molar refractivity (Wildman–Crippen MR) is 87.4 cm³/mol. The van der Waals surface area contributed by atoms with Gasteiger partial charge in [-0.25, -0.2) is 9.97 Å². The highest BCUT2D eigenvalue weighted by atomic mass is 35.5. The minimum Gasteiger partial charge on any atom is -0.373 e. The van der Waals surface area contributed by atoms with Gasteiger partial charge in [-0.3, -0.25) is 4.79 Å². The number of amides is 1. The maximum Gasteiger partial charge on any atom is 0.225 e. The molecule has 1 amide bonds. The van der Waals surface area contributed by atoms with Gasteiger partial charge in [0.15, 0.2) is 0 Å². The largest absolute Gasteiger partial charge is 0.373 e. The zero-order valence-corrected chi connectivity index (χ0v) is 13.8. The Morgan fingerprint density at radius 3 is 2.48 bits per heavy atom. The fourth-order valence-electron chi connectivity index (χ4n) is 3.05. The second kappa shape index (κ2) is 7.42. The Morgan fingerprint density at radius 1 is 1.22 bits per heavy atom. The van der Waals surface area contributed by atoms with Crippen LogP contribution in [0.1, 0.15) is 19.3 Å². The van der Waals surface area contributed by atoms with Gasteiger partial charge in [0.05, 0.1) is 36.0 Å². The van der Waals surface area contributed by atoms with E-state index in [-0.39, 0.29) is 18.1 Å². The topological polar surface area (TPSA) is 84.6 Å². The van der Waals surface area contributed by atoms with Crippen molar-refractivity contribution in [3.05, 3.63) is 17.4 Å². The third-order valence-electron chi connectivity index (χ3n) is 4.38. The van der Waals surface area contributed by atoms with Crippen LogP contribution in [0.5, 0.6) is 0 Å². The molecular formula is C15H22ClN5O2. The second-order valence-electron chi connectivity index (χ2n) is 5.97. The molecule has 2 unspecified atom stereocenters. The number of piperazine rings is 1. The van der Waals surface area contributed by atoms with E-state index >= 15 is 0 Å². The fourth-order valence-corrected chi connectivity index (χ4v) is 3.15. The molecule has 2 atom stereocenters. The Balaban J connectivity index is 1.47. The molecule has 7 nitrogen and oxygen atoms in total. The van der Waals surface area contributed by atoms with Crippen LogP contribution in [0.3, 0.4) is 0 Å². The molecule has 2 N–H and O–H groups in total. The first-order valence-electron chi connectivity index (χ1n) is 8.01. The van der Waals surface area contributed by atoms with Crippen molar-refractivity contribution in [2.24, 2.45) is 5.73 Å². The smallest absolute Gasteiger partial charge is 0.225 e. The van der Waals surface area contributed by atoms with E-state index in [1.807, 2.05) is 4.90 Å². The molecule has 1 aromatic rings. The van der Waals surface area contributed by atoms with E-state index in [9.17, 15) is 4.79 Å². The van der Waals surface area contributed by atoms with Gasteiger partial charge in [0.2, 0.25) is 11.9 Å². The number of carbonyl (C=O) groups is 1. The molecule has 8 heteroatoms. The standard InChI is InChI=1S/C15H22ClN5O2/c16-11-9-18-15(19-10-11)21-5-3-20(4-6-21)14(22)7-12-1-2-13(8-17)23-12/h9-10,12-13H,1-8,17H2. The summed E-state index contributed by atoms with van der Waals surface area (Å²) in [6.45, 7) is 3.34. The molecule has 1 aromatic heterocycles. The quantitative estimate of drug-likeness (QED) is 0.868. The van der Waals surface area contributed by atoms with Crippen LogP contribution < -0.4 is 10.6 Å². The average molecular weight is 340 g/mol. The summed E-state index contributed by atoms with van der Waals surface area (Å²) in [5, 5.41) is 0.523. The first-order chi connectivity index (χ1) is 11.2. The molecule has 0 bridgehead atoms. The Bertz CT molecular complexity index is 533. The first-order valence-corrected chi connectivity index (χ1v) is 8.39. The minimum absolute atomic E-state index is 0.0219. The van der Waals surface area contributed by atoms with E-state index in [1.54, 1.807) is 12.4 Å². The number of aromatic nitrogens is 2. The molecule has 126 valence electrons. The molecule has 23 heavy (non-hydrogen) atoms. The SMILES string of the molecule is NCC1CCC(CC(=O)N2CCN(c3ncc(Cl)cn3)CC2)O1. The Labute approximate surface area is 140 Å². The molecule has 0 saturated carbocycles. The molecule has 3 heterocycles. The van der Waals surface area contributed by atoms with Crippen LogP contribution in [0.2, 0.25) is 5.02 Å². The third-order valence-corrected chi connectivity index (χ3v) is 4.58. The number of nitrogens with two attached hydrogens (primary N) is 1. The number of nitrogens with zero attached hydrogens (tertiary/aromatic N) is 4. The van der Waals surface area contributed by atoms with E-state index in [2.05, 4.69) is 14.9 Å². The van der Waals surface area contributed by atoms with E-state index in [4.69, 9.17) is 22.1 Å². The Hall–Kier alpha value is -1.44. The minimum atomic E-state index is 0.0219. The van der Waals surface area contributed by atoms with Gasteiger partial charge in [-0.2, -0.15) is 0 Å². The maximum atomic E-state index is 12.4. The molecule has 0 aliphatic carbocycles. The average Bonchev–Trinajstić information content (AvgIpc) is 3.03. The summed E-state index contributed by atoms with van der Waals surface area (Å²) in [6.07, 6.45) is 5.65. The van der Waals surface area contributed by atoms with Gasteiger partial charge >= 0.3 is 0 Å². The molecule has 2 saturated heterocycles. The van der Waals surface area contributed by atoms with Crippen LogP contribution in [0.4, 0.5) is 5.95 Å². The summed E-state index contributed by atoms with van der Waals surface area (Å²) in [6, 6.07) is 0. The van der Waals surface area contributed by atoms with Gasteiger partial charge in [-0.15, -0.1) is 0 Å². The lowest BCUT2D eigenvalue weighted by atomic mass is 10.1. The number of anilines is 1. The van der Waals surface area contributed by atoms with Crippen molar-refractivity contribution in [2.75, 3.05) is 37.6 Å². The number of ether oxygens (including phenoxy) is 1. The lowest BCUT2D eigenvalue weighted by Crippen LogP contribution is -2.49. The normalized spacial score (nSPS) is 25.0. The van der Waals surface area contributed by atoms with Crippen molar-refractivity contribution in [1.29, 1.82) is 0 Å². The van der Waals surface area contributed by atoms with Crippen molar-refractivity contribution in [3.8, 4) is 0 Å². The second-order valence-corrected chi connectivity index (χ2v) is 6.40. The van der Waals surface area contributed by atoms with Crippen LogP contribution in [-0.4, -0.2) is 65.7 Å². The number of rotatable bonds is 4. The van der Waals surface area contributed by atoms with Crippen molar-refractivity contribution >= 4 is 23.5 Å². The summed E-state index contributed by atoms with van der Waals surface area (Å²) in [7, 11) is 0. The van der Waals surface area contributed by atoms with Crippen molar-refractivity contribution in [1.82, 2.24) is 14.9 Å². The summed E-state index contributed by atoms with van der Waals surface area (Å²) in [5.74, 6) is 0.816. The highest BCUT2D eigenvalue weighted by Gasteiger charge is 2.29. The Morgan fingerprint density at radius 2 is 1.87 bits per heavy atom. The fraction of sp³-hybridized carbons (Fsp3) is 0.667. The van der Waals surface area contributed by atoms with Crippen molar-refractivity contribution < 1.29 is 9.53 Å². The van der Waals surface area contributed by atoms with Crippen LogP contribution in [0, 0.1) is 0 Å². The maximum absolute atomic E-state index is 12.4. The van der Waals surface area contributed by atoms with Gasteiger partial charge in [0, 0.05) is 32.7 Å². The number of hydrogen-bond acceptors (Lipinski definition) is 6. The zero-order chi connectivity index (χ0) is 16.2. The van der Waals surface area contributed by atoms with Crippen molar-refractivity contribution in [2.45, 2.75) is 31.5 Å². The molecule has 0 spiro atoms. The number of carbonyl (C=O) groups excluding carboxylic acids is 1. The van der Waals surface area contributed by atoms with E-state index in [1.165, 1.54) is 0 Å². The zero-order valence-electron chi connectivity index (χ0n) is 13.0. The van der Waals surface area contributed by atoms with Crippen LogP contribution in [0.15, 0.2) is 12.4 Å². The highest BCUT2D eigenvalue weighted by Crippen LogP contribution is 2.22. The lowest BCUT2D eigenvalue weighted by molar-refractivity contribution is -0.134. The molecule has 0 aromatic carbocycles. The van der Waals surface area contributed by atoms with E-state index in [0.717, 1.165) is 25.9 Å². The van der Waals surface area contributed by atoms with Gasteiger partial charge < -0.3 is 20.3 Å². The monoisotopic (exact) mass is 339 g/mol. The Kier molecular flexibility index (Phi) is 5.30. The molecule has 3 rings (SSSR count). The summed E-state index contributed by atoms with van der Waals surface area (Å²) in [5.41, 5.74) is 5.60. The highest BCUT2D eigenvalue weighted by molar-refractivity contribution is 6.30. The molecule has 2 aliphatic heterocycles. The van der Waals surface area contributed by atoms with Crippen molar-refractivity contribution in [3.63, 3.8) is 0 Å². The first kappa shape index (κ1) is 16.4. The van der Waals surface area contributed by atoms with Gasteiger partial charge in [-0.1, -0.05) is 11.6 Å². The number of hydrogen-bond donors (Lipinski definition) is 1. The van der Waals surface area contributed by atoms with E-state index < -0.39 is 0 Å². The van der Waals surface area contributed by atoms with Gasteiger partial charge in [0.25, 0.3) is 0 Å². The lowest BCUT2D eigenvalue weighted by Gasteiger charge is -2.35. The summed E-state index contributed by atoms with van der Waals surface area (Å²) >= 11 is 5.80. The predicted octanol–water partition coefficient (Wildman–Crippen LogP) is 0.675. The molecule has 2 fully saturated rings. The summed E-state index contributed by atoms with van der Waals surface area (Å²) < 4.78 is 5.76. The van der Waals surface area contributed by atoms with Crippen LogP contribution in [0.25, 0.3) is 0 Å². The van der Waals surface area contributed by atoms with Gasteiger partial charge in [0.1, 0.15) is 0 Å². The van der Waals surface area contributed by atoms with Gasteiger partial charge in [-0.05, 0) is 12.8 Å².